The van der Waals surface area contributed by atoms with Gasteiger partial charge in [-0.05, 0) is 43.2 Å². The fourth-order valence-electron chi connectivity index (χ4n) is 4.40. The summed E-state index contributed by atoms with van der Waals surface area (Å²) in [4.78, 5) is 21.0. The predicted molar refractivity (Wildman–Crippen MR) is 125 cm³/mol. The smallest absolute Gasteiger partial charge is 0.354 e. The molecular weight excluding hydrogens is 425 g/mol. The van der Waals surface area contributed by atoms with Crippen LogP contribution in [-0.4, -0.2) is 76.7 Å². The van der Waals surface area contributed by atoms with Crippen molar-refractivity contribution < 1.29 is 19.0 Å². The number of fused-ring (bicyclic) bond motifs is 1. The highest BCUT2D eigenvalue weighted by Gasteiger charge is 2.27. The molecule has 3 heterocycles. The topological polar surface area (TPSA) is 83.7 Å². The molecule has 1 fully saturated rings. The number of piperazine rings is 1. The van der Waals surface area contributed by atoms with E-state index in [0.717, 1.165) is 42.9 Å². The standard InChI is InChI=1S/C24H30FN5O3/c1-15(2)22-21-20(29-11-9-28(10-12-29)16(3)14-33-4)13-19(24(31)32)26-23(21)30(27-22)18-7-5-17(25)6-8-18/h5-8,13,15-16H,9-12,14H2,1-4H3,(H,31,32). The number of pyridine rings is 1. The van der Waals surface area contributed by atoms with Crippen LogP contribution in [0.15, 0.2) is 30.3 Å². The fourth-order valence-corrected chi connectivity index (χ4v) is 4.40. The SMILES string of the molecule is COCC(C)N1CCN(c2cc(C(=O)O)nc3c2c(C(C)C)nn3-c2ccc(F)cc2)CC1. The van der Waals surface area contributed by atoms with Crippen LogP contribution in [0.5, 0.6) is 0 Å². The number of carboxylic acid groups (broad SMARTS) is 1. The van der Waals surface area contributed by atoms with Gasteiger partial charge in [0.1, 0.15) is 5.82 Å². The highest BCUT2D eigenvalue weighted by Crippen LogP contribution is 2.35. The van der Waals surface area contributed by atoms with Gasteiger partial charge in [-0.1, -0.05) is 13.8 Å². The summed E-state index contributed by atoms with van der Waals surface area (Å²) in [7, 11) is 1.71. The Morgan fingerprint density at radius 3 is 2.39 bits per heavy atom. The van der Waals surface area contributed by atoms with Crippen LogP contribution >= 0.6 is 0 Å². The van der Waals surface area contributed by atoms with Crippen LogP contribution in [0, 0.1) is 5.82 Å². The number of halogens is 1. The number of anilines is 1. The predicted octanol–water partition coefficient (Wildman–Crippen LogP) is 3.54. The Kier molecular flexibility index (Phi) is 6.62. The molecule has 0 amide bonds. The summed E-state index contributed by atoms with van der Waals surface area (Å²) in [5.74, 6) is -1.35. The van der Waals surface area contributed by atoms with Crippen LogP contribution in [0.4, 0.5) is 10.1 Å². The molecule has 4 rings (SSSR count). The summed E-state index contributed by atoms with van der Waals surface area (Å²) in [6, 6.07) is 7.94. The van der Waals surface area contributed by atoms with Crippen molar-refractivity contribution in [3.05, 3.63) is 47.5 Å². The maximum absolute atomic E-state index is 13.5. The average molecular weight is 456 g/mol. The molecule has 1 atom stereocenters. The van der Waals surface area contributed by atoms with E-state index in [-0.39, 0.29) is 17.4 Å². The van der Waals surface area contributed by atoms with E-state index in [1.807, 2.05) is 0 Å². The molecule has 1 aromatic carbocycles. The van der Waals surface area contributed by atoms with E-state index in [9.17, 15) is 14.3 Å². The van der Waals surface area contributed by atoms with Crippen LogP contribution in [0.1, 0.15) is 42.9 Å². The first-order chi connectivity index (χ1) is 15.8. The summed E-state index contributed by atoms with van der Waals surface area (Å²) in [6.45, 7) is 10.1. The Balaban J connectivity index is 1.82. The number of aromatic carboxylic acids is 1. The van der Waals surface area contributed by atoms with Crippen molar-refractivity contribution in [1.29, 1.82) is 0 Å². The summed E-state index contributed by atoms with van der Waals surface area (Å²) in [5.41, 5.74) is 2.73. The molecule has 0 saturated carbocycles. The molecule has 0 radical (unpaired) electrons. The van der Waals surface area contributed by atoms with Crippen LogP contribution < -0.4 is 4.90 Å². The molecule has 3 aromatic rings. The van der Waals surface area contributed by atoms with Crippen molar-refractivity contribution in [2.75, 3.05) is 44.8 Å². The van der Waals surface area contributed by atoms with Crippen molar-refractivity contribution in [2.24, 2.45) is 0 Å². The molecule has 1 unspecified atom stereocenters. The molecule has 1 aliphatic heterocycles. The van der Waals surface area contributed by atoms with Crippen molar-refractivity contribution in [2.45, 2.75) is 32.7 Å². The number of hydrogen-bond acceptors (Lipinski definition) is 6. The van der Waals surface area contributed by atoms with E-state index in [4.69, 9.17) is 9.84 Å². The summed E-state index contributed by atoms with van der Waals surface area (Å²) < 4.78 is 20.4. The Labute approximate surface area is 192 Å². The number of carbonyl (C=O) groups is 1. The van der Waals surface area contributed by atoms with E-state index in [2.05, 4.69) is 35.6 Å². The Hall–Kier alpha value is -3.04. The third-order valence-electron chi connectivity index (χ3n) is 6.17. The van der Waals surface area contributed by atoms with Crippen LogP contribution in [-0.2, 0) is 4.74 Å². The molecule has 0 spiro atoms. The van der Waals surface area contributed by atoms with Gasteiger partial charge < -0.3 is 14.7 Å². The molecule has 9 heteroatoms. The van der Waals surface area contributed by atoms with Gasteiger partial charge in [-0.15, -0.1) is 0 Å². The number of ether oxygens (including phenoxy) is 1. The van der Waals surface area contributed by atoms with E-state index in [1.165, 1.54) is 12.1 Å². The molecule has 8 nitrogen and oxygen atoms in total. The third-order valence-corrected chi connectivity index (χ3v) is 6.17. The normalized spacial score (nSPS) is 16.0. The van der Waals surface area contributed by atoms with E-state index >= 15 is 0 Å². The molecular formula is C24H30FN5O3. The average Bonchev–Trinajstić information content (AvgIpc) is 3.19. The number of nitrogens with zero attached hydrogens (tertiary/aromatic N) is 5. The zero-order valence-corrected chi connectivity index (χ0v) is 19.5. The van der Waals surface area contributed by atoms with Crippen LogP contribution in [0.3, 0.4) is 0 Å². The van der Waals surface area contributed by atoms with Gasteiger partial charge in [0.05, 0.1) is 29.1 Å². The Morgan fingerprint density at radius 2 is 1.82 bits per heavy atom. The molecule has 1 N–H and O–H groups in total. The molecule has 0 aliphatic carbocycles. The maximum Gasteiger partial charge on any atom is 0.354 e. The first-order valence-electron chi connectivity index (χ1n) is 11.2. The second kappa shape index (κ2) is 9.44. The molecule has 33 heavy (non-hydrogen) atoms. The minimum absolute atomic E-state index is 0.0359. The quantitative estimate of drug-likeness (QED) is 0.583. The van der Waals surface area contributed by atoms with Gasteiger partial charge in [-0.2, -0.15) is 5.10 Å². The molecule has 1 saturated heterocycles. The van der Waals surface area contributed by atoms with Crippen molar-refractivity contribution in [3.63, 3.8) is 0 Å². The second-order valence-corrected chi connectivity index (χ2v) is 8.79. The Bertz CT molecular complexity index is 1140. The van der Waals surface area contributed by atoms with Crippen LogP contribution in [0.2, 0.25) is 0 Å². The number of carboxylic acids is 1. The largest absolute Gasteiger partial charge is 0.477 e. The number of rotatable bonds is 7. The summed E-state index contributed by atoms with van der Waals surface area (Å²) in [6.07, 6.45) is 0. The first kappa shape index (κ1) is 23.1. The third kappa shape index (κ3) is 4.56. The minimum atomic E-state index is -1.09. The lowest BCUT2D eigenvalue weighted by Gasteiger charge is -2.39. The van der Waals surface area contributed by atoms with Crippen molar-refractivity contribution in [3.8, 4) is 5.69 Å². The molecule has 176 valence electrons. The molecule has 2 aromatic heterocycles. The lowest BCUT2D eigenvalue weighted by Crippen LogP contribution is -2.50. The zero-order chi connectivity index (χ0) is 23.7. The number of aromatic nitrogens is 3. The zero-order valence-electron chi connectivity index (χ0n) is 19.5. The lowest BCUT2D eigenvalue weighted by molar-refractivity contribution is 0.0691. The van der Waals surface area contributed by atoms with E-state index in [1.54, 1.807) is 30.0 Å². The second-order valence-electron chi connectivity index (χ2n) is 8.79. The lowest BCUT2D eigenvalue weighted by atomic mass is 10.0. The van der Waals surface area contributed by atoms with Crippen molar-refractivity contribution >= 4 is 22.7 Å². The van der Waals surface area contributed by atoms with Crippen molar-refractivity contribution in [1.82, 2.24) is 19.7 Å². The highest BCUT2D eigenvalue weighted by atomic mass is 19.1. The summed E-state index contributed by atoms with van der Waals surface area (Å²) in [5, 5.41) is 15.4. The van der Waals surface area contributed by atoms with Gasteiger partial charge in [-0.25, -0.2) is 18.9 Å². The minimum Gasteiger partial charge on any atom is -0.477 e. The number of hydrogen-bond donors (Lipinski definition) is 1. The molecule has 1 aliphatic rings. The maximum atomic E-state index is 13.5. The number of benzene rings is 1. The molecule has 0 bridgehead atoms. The van der Waals surface area contributed by atoms with Gasteiger partial charge in [0.15, 0.2) is 11.3 Å². The highest BCUT2D eigenvalue weighted by molar-refractivity contribution is 5.98. The first-order valence-corrected chi connectivity index (χ1v) is 11.2. The van der Waals surface area contributed by atoms with Crippen LogP contribution in [0.25, 0.3) is 16.7 Å². The Morgan fingerprint density at radius 1 is 1.15 bits per heavy atom. The van der Waals surface area contributed by atoms with Gasteiger partial charge in [-0.3, -0.25) is 4.90 Å². The summed E-state index contributed by atoms with van der Waals surface area (Å²) >= 11 is 0. The number of methoxy groups -OCH3 is 1. The van der Waals surface area contributed by atoms with Gasteiger partial charge in [0.25, 0.3) is 0 Å². The monoisotopic (exact) mass is 455 g/mol. The van der Waals surface area contributed by atoms with E-state index in [0.29, 0.717) is 24.0 Å². The van der Waals surface area contributed by atoms with Gasteiger partial charge in [0, 0.05) is 39.3 Å². The fraction of sp³-hybridized carbons (Fsp3) is 0.458. The van der Waals surface area contributed by atoms with Gasteiger partial charge in [0.2, 0.25) is 0 Å². The van der Waals surface area contributed by atoms with Gasteiger partial charge >= 0.3 is 5.97 Å². The van der Waals surface area contributed by atoms with E-state index < -0.39 is 5.97 Å².